The summed E-state index contributed by atoms with van der Waals surface area (Å²) in [6.07, 6.45) is -4.86. The molecule has 8 fully saturated rings. The van der Waals surface area contributed by atoms with E-state index in [0.717, 1.165) is 0 Å². The van der Waals surface area contributed by atoms with Gasteiger partial charge in [-0.05, 0) is 58.2 Å². The molecule has 10 aliphatic rings. The molecule has 4 bridgehead atoms. The minimum absolute atomic E-state index is 0.307. The van der Waals surface area contributed by atoms with Crippen molar-refractivity contribution in [1.82, 2.24) is 19.6 Å². The molecule has 8 saturated heterocycles. The first-order valence-corrected chi connectivity index (χ1v) is 19.8. The molecule has 0 saturated carbocycles. The lowest BCUT2D eigenvalue weighted by Crippen LogP contribution is -2.78. The van der Waals surface area contributed by atoms with Gasteiger partial charge in [-0.1, -0.05) is 64.9 Å². The second kappa shape index (κ2) is 8.33. The zero-order valence-electron chi connectivity index (χ0n) is 25.6. The number of nitrogens with one attached hydrogen (secondary N) is 2. The zero-order chi connectivity index (χ0) is 32.8. The molecule has 10 aliphatic heterocycles. The minimum atomic E-state index is -1.76. The van der Waals surface area contributed by atoms with Crippen LogP contribution < -0.4 is 10.6 Å². The highest BCUT2D eigenvalue weighted by molar-refractivity contribution is 8.78. The fourth-order valence-corrected chi connectivity index (χ4v) is 17.6. The van der Waals surface area contributed by atoms with Gasteiger partial charge in [0.2, 0.25) is 9.74 Å². The molecule has 4 N–H and O–H groups in total. The Bertz CT molecular complexity index is 1920. The van der Waals surface area contributed by atoms with Gasteiger partial charge >= 0.3 is 0 Å². The largest absolute Gasteiger partial charge is 0.388 e. The number of carbonyl (C=O) groups excluding carboxylic acids is 4. The number of carbonyl (C=O) groups is 4. The van der Waals surface area contributed by atoms with Crippen LogP contribution in [0, 0.1) is 0 Å². The van der Waals surface area contributed by atoms with Crippen molar-refractivity contribution in [2.45, 2.75) is 75.1 Å². The van der Waals surface area contributed by atoms with Crippen molar-refractivity contribution >= 4 is 78.2 Å². The van der Waals surface area contributed by atoms with E-state index in [1.165, 1.54) is 62.8 Å². The van der Waals surface area contributed by atoms with Crippen molar-refractivity contribution in [2.75, 3.05) is 24.7 Å². The second-order valence-corrected chi connectivity index (χ2v) is 19.0. The van der Waals surface area contributed by atoms with Crippen molar-refractivity contribution < 1.29 is 29.4 Å². The molecule has 12 rings (SSSR count). The number of piperazine rings is 2. The van der Waals surface area contributed by atoms with Crippen LogP contribution in [-0.2, 0) is 30.0 Å². The summed E-state index contributed by atoms with van der Waals surface area (Å²) in [6.45, 7) is 3.58. The van der Waals surface area contributed by atoms with E-state index < -0.39 is 66.7 Å². The molecule has 47 heavy (non-hydrogen) atoms. The van der Waals surface area contributed by atoms with Gasteiger partial charge < -0.3 is 30.6 Å². The van der Waals surface area contributed by atoms with Crippen molar-refractivity contribution in [2.24, 2.45) is 0 Å². The number of para-hydroxylation sites is 2. The number of aliphatic hydroxyl groups is 2. The van der Waals surface area contributed by atoms with Crippen LogP contribution in [0.1, 0.15) is 31.4 Å². The average Bonchev–Trinajstić information content (AvgIpc) is 3.72. The Hall–Kier alpha value is -2.76. The fraction of sp³-hybridized carbons (Fsp3) is 0.484. The number of rotatable bonds is 2. The molecule has 16 heteroatoms. The lowest BCUT2D eigenvalue weighted by Gasteiger charge is -2.58. The summed E-state index contributed by atoms with van der Waals surface area (Å²) in [6, 6.07) is 14.8. The summed E-state index contributed by atoms with van der Waals surface area (Å²) in [7, 11) is 8.09. The van der Waals surface area contributed by atoms with Crippen molar-refractivity contribution in [3.63, 3.8) is 0 Å². The summed E-state index contributed by atoms with van der Waals surface area (Å²) in [5.41, 5.74) is -0.761. The van der Waals surface area contributed by atoms with E-state index in [2.05, 4.69) is 10.6 Å². The first-order valence-electron chi connectivity index (χ1n) is 15.5. The van der Waals surface area contributed by atoms with Crippen LogP contribution in [0.15, 0.2) is 48.5 Å². The molecule has 0 radical (unpaired) electrons. The highest BCUT2D eigenvalue weighted by Crippen LogP contribution is 2.78. The number of aliphatic hydroxyl groups excluding tert-OH is 2. The van der Waals surface area contributed by atoms with Crippen LogP contribution in [0.2, 0.25) is 0 Å². The molecule has 12 nitrogen and oxygen atoms in total. The van der Waals surface area contributed by atoms with Crippen molar-refractivity contribution in [3.8, 4) is 0 Å². The lowest BCUT2D eigenvalue weighted by molar-refractivity contribution is -0.167. The quantitative estimate of drug-likeness (QED) is 0.337. The van der Waals surface area contributed by atoms with E-state index >= 15 is 0 Å². The predicted octanol–water partition coefficient (Wildman–Crippen LogP) is 1.72. The number of benzene rings is 2. The van der Waals surface area contributed by atoms with Gasteiger partial charge in [-0.25, -0.2) is 0 Å². The molecule has 244 valence electrons. The summed E-state index contributed by atoms with van der Waals surface area (Å²) in [5, 5.41) is 33.8. The molecule has 0 aliphatic carbocycles. The van der Waals surface area contributed by atoms with E-state index in [0.29, 0.717) is 28.9 Å². The van der Waals surface area contributed by atoms with E-state index in [4.69, 9.17) is 0 Å². The number of likely N-dealkylation sites (N-methyl/N-ethyl adjacent to an activating group) is 2. The SMILES string of the molecule is CC[C@@]12SS[C@]3(C(=O)N1C)[C@@H](O)C1([C@@]45c6ccccc6N[C@@H]4N4C(=O)[C@@]6(C)SS[C@]4(C(=O)N6C)[C@H]5O)c4ccccc4N[C@@H]1N3C2=O. The van der Waals surface area contributed by atoms with E-state index in [9.17, 15) is 29.4 Å². The highest BCUT2D eigenvalue weighted by atomic mass is 33.1. The van der Waals surface area contributed by atoms with Gasteiger partial charge in [0.15, 0.2) is 9.74 Å². The van der Waals surface area contributed by atoms with Crippen molar-refractivity contribution in [1.29, 1.82) is 0 Å². The standard InChI is InChI=1S/C31H30N6O6S4/c1-5-27-23(41)37-21-29(15-11-7-9-13-17(15)33-21,19(39)31(37,47-45-27)25(43)35(27)4)28-14-10-6-8-12-16(14)32-20(28)36-22(40)26(2)34(3)24(42)30(36,18(28)38)46-44-26/h6-13,18-21,32-33,38-39H,5H2,1-4H3/t18-,19-,20+,21+,26+,27-,28+,29?,30-,31-/m0/s1. The number of hydrogen-bond acceptors (Lipinski definition) is 12. The Morgan fingerprint density at radius 3 is 1.68 bits per heavy atom. The first-order chi connectivity index (χ1) is 22.4. The Kier molecular flexibility index (Phi) is 5.17. The molecule has 2 aromatic rings. The van der Waals surface area contributed by atoms with Gasteiger partial charge in [-0.3, -0.25) is 29.0 Å². The topological polar surface area (TPSA) is 146 Å². The number of amides is 4. The molecule has 10 atom stereocenters. The zero-order valence-corrected chi connectivity index (χ0v) is 28.9. The van der Waals surface area contributed by atoms with Crippen LogP contribution in [0.4, 0.5) is 11.4 Å². The van der Waals surface area contributed by atoms with Crippen LogP contribution in [-0.4, -0.2) is 112 Å². The molecule has 2 spiro atoms. The monoisotopic (exact) mass is 710 g/mol. The van der Waals surface area contributed by atoms with E-state index in [1.54, 1.807) is 21.0 Å². The van der Waals surface area contributed by atoms with Crippen LogP contribution in [0.3, 0.4) is 0 Å². The number of hydrogen-bond donors (Lipinski definition) is 4. The molecular formula is C31H30N6O6S4. The number of nitrogens with zero attached hydrogens (tertiary/aromatic N) is 4. The number of anilines is 2. The maximum Gasteiger partial charge on any atom is 0.264 e. The third-order valence-electron chi connectivity index (χ3n) is 12.4. The van der Waals surface area contributed by atoms with Crippen molar-refractivity contribution in [3.05, 3.63) is 59.7 Å². The lowest BCUT2D eigenvalue weighted by atomic mass is 9.52. The van der Waals surface area contributed by atoms with Gasteiger partial charge in [0.1, 0.15) is 24.5 Å². The molecular weight excluding hydrogens is 681 g/mol. The van der Waals surface area contributed by atoms with Crippen LogP contribution in [0.25, 0.3) is 0 Å². The Labute approximate surface area is 285 Å². The Balaban J connectivity index is 1.35. The Morgan fingerprint density at radius 1 is 0.681 bits per heavy atom. The molecule has 2 aromatic carbocycles. The van der Waals surface area contributed by atoms with Gasteiger partial charge in [0.05, 0.1) is 10.8 Å². The second-order valence-electron chi connectivity index (χ2n) is 13.7. The molecule has 10 heterocycles. The maximum atomic E-state index is 14.9. The summed E-state index contributed by atoms with van der Waals surface area (Å²) >= 11 is 0. The van der Waals surface area contributed by atoms with Gasteiger partial charge in [0.25, 0.3) is 23.6 Å². The van der Waals surface area contributed by atoms with Gasteiger partial charge in [-0.15, -0.1) is 0 Å². The smallest absolute Gasteiger partial charge is 0.264 e. The number of fused-ring (bicyclic) bond motifs is 11. The van der Waals surface area contributed by atoms with E-state index in [-0.39, 0.29) is 11.8 Å². The summed E-state index contributed by atoms with van der Waals surface area (Å²) < 4.78 is 0. The maximum absolute atomic E-state index is 14.9. The Morgan fingerprint density at radius 2 is 1.15 bits per heavy atom. The van der Waals surface area contributed by atoms with Gasteiger partial charge in [-0.2, -0.15) is 0 Å². The molecule has 0 aromatic heterocycles. The van der Waals surface area contributed by atoms with Crippen LogP contribution in [0.5, 0.6) is 0 Å². The third-order valence-corrected chi connectivity index (χ3v) is 19.9. The fourth-order valence-electron chi connectivity index (χ4n) is 10.2. The highest BCUT2D eigenvalue weighted by Gasteiger charge is 2.93. The summed E-state index contributed by atoms with van der Waals surface area (Å²) in [5.74, 6) is -1.46. The third kappa shape index (κ3) is 2.45. The van der Waals surface area contributed by atoms with Gasteiger partial charge in [0, 0.05) is 25.5 Å². The van der Waals surface area contributed by atoms with E-state index in [1.807, 2.05) is 55.5 Å². The first kappa shape index (κ1) is 29.2. The predicted molar refractivity (Wildman–Crippen MR) is 180 cm³/mol. The summed E-state index contributed by atoms with van der Waals surface area (Å²) in [4.78, 5) is 58.8. The normalized spacial score (nSPS) is 46.3. The minimum Gasteiger partial charge on any atom is -0.388 e. The molecule has 4 amide bonds. The average molecular weight is 711 g/mol. The molecule has 1 unspecified atom stereocenters. The van der Waals surface area contributed by atoms with Crippen LogP contribution >= 0.6 is 43.2 Å².